The van der Waals surface area contributed by atoms with Gasteiger partial charge in [-0.05, 0) is 67.5 Å². The van der Waals surface area contributed by atoms with Crippen LogP contribution in [0.4, 0.5) is 30.8 Å². The summed E-state index contributed by atoms with van der Waals surface area (Å²) in [5, 5.41) is 20.5. The predicted molar refractivity (Wildman–Crippen MR) is 260 cm³/mol. The molecule has 2 fully saturated rings. The lowest BCUT2D eigenvalue weighted by atomic mass is 9.92. The number of nitrogens with one attached hydrogen (secondary N) is 4. The number of aromatic nitrogens is 4. The summed E-state index contributed by atoms with van der Waals surface area (Å²) in [6, 6.07) is 7.24. The Labute approximate surface area is 420 Å². The van der Waals surface area contributed by atoms with Crippen molar-refractivity contribution in [3.8, 4) is 11.1 Å². The molecule has 1 atom stereocenters. The van der Waals surface area contributed by atoms with Gasteiger partial charge in [-0.2, -0.15) is 10.2 Å². The molecular formula is C50H61F2N11O10. The van der Waals surface area contributed by atoms with Crippen molar-refractivity contribution in [1.82, 2.24) is 45.3 Å². The molecule has 7 heterocycles. The summed E-state index contributed by atoms with van der Waals surface area (Å²) in [6.07, 6.45) is 4.58. The maximum atomic E-state index is 15.0. The van der Waals surface area contributed by atoms with E-state index in [9.17, 15) is 37.5 Å². The quantitative estimate of drug-likeness (QED) is 0.0686. The van der Waals surface area contributed by atoms with E-state index in [1.165, 1.54) is 6.07 Å². The van der Waals surface area contributed by atoms with Crippen LogP contribution in [0.1, 0.15) is 94.1 Å². The summed E-state index contributed by atoms with van der Waals surface area (Å²) in [4.78, 5) is 80.4. The van der Waals surface area contributed by atoms with Gasteiger partial charge < -0.3 is 44.7 Å². The van der Waals surface area contributed by atoms with E-state index in [4.69, 9.17) is 24.0 Å². The summed E-state index contributed by atoms with van der Waals surface area (Å²) in [7, 11) is 1.61. The predicted octanol–water partition coefficient (Wildman–Crippen LogP) is 3.89. The fraction of sp³-hybridized carbons (Fsp3) is 0.520. The number of hydrogen-bond donors (Lipinski definition) is 4. The summed E-state index contributed by atoms with van der Waals surface area (Å²) < 4.78 is 56.1. The summed E-state index contributed by atoms with van der Waals surface area (Å²) >= 11 is 0. The Hall–Kier alpha value is -6.82. The number of anilines is 3. The third-order valence-electron chi connectivity index (χ3n) is 13.8. The van der Waals surface area contributed by atoms with Crippen molar-refractivity contribution in [1.29, 1.82) is 0 Å². The second kappa shape index (κ2) is 23.4. The number of halogens is 2. The van der Waals surface area contributed by atoms with Gasteiger partial charge in [-0.15, -0.1) is 0 Å². The topological polar surface area (TPSA) is 233 Å². The number of urea groups is 1. The molecule has 2 saturated heterocycles. The second-order valence-electron chi connectivity index (χ2n) is 18.4. The van der Waals surface area contributed by atoms with Gasteiger partial charge in [0, 0.05) is 106 Å². The molecular weight excluding hydrogens is 953 g/mol. The number of alkyl halides is 2. The van der Waals surface area contributed by atoms with E-state index in [0.717, 1.165) is 41.0 Å². The van der Waals surface area contributed by atoms with Gasteiger partial charge in [0.2, 0.25) is 17.7 Å². The minimum atomic E-state index is -2.76. The number of rotatable bonds is 21. The molecule has 390 valence electrons. The van der Waals surface area contributed by atoms with Crippen LogP contribution < -0.4 is 26.2 Å². The molecule has 2 aromatic carbocycles. The molecule has 4 aromatic rings. The molecule has 2 aromatic heterocycles. The van der Waals surface area contributed by atoms with Gasteiger partial charge in [-0.1, -0.05) is 6.07 Å². The van der Waals surface area contributed by atoms with Crippen LogP contribution in [-0.4, -0.2) is 157 Å². The van der Waals surface area contributed by atoms with Gasteiger partial charge in [-0.3, -0.25) is 43.6 Å². The van der Waals surface area contributed by atoms with E-state index >= 15 is 0 Å². The van der Waals surface area contributed by atoms with Crippen LogP contribution in [0.3, 0.4) is 0 Å². The van der Waals surface area contributed by atoms with Gasteiger partial charge in [0.1, 0.15) is 6.04 Å². The third-order valence-corrected chi connectivity index (χ3v) is 13.8. The van der Waals surface area contributed by atoms with Gasteiger partial charge in [0.15, 0.2) is 5.82 Å². The second-order valence-corrected chi connectivity index (χ2v) is 18.4. The molecule has 9 rings (SSSR count). The molecule has 4 N–H and O–H groups in total. The van der Waals surface area contributed by atoms with Crippen molar-refractivity contribution in [3.63, 3.8) is 0 Å². The highest BCUT2D eigenvalue weighted by Crippen LogP contribution is 2.44. The highest BCUT2D eigenvalue weighted by molar-refractivity contribution is 6.25. The van der Waals surface area contributed by atoms with Crippen LogP contribution >= 0.6 is 0 Å². The zero-order valence-electron chi connectivity index (χ0n) is 40.8. The van der Waals surface area contributed by atoms with Crippen molar-refractivity contribution in [3.05, 3.63) is 76.2 Å². The Balaban J connectivity index is 0.684. The first-order valence-electron chi connectivity index (χ1n) is 25.0. The summed E-state index contributed by atoms with van der Waals surface area (Å²) in [6.45, 7) is 5.39. The van der Waals surface area contributed by atoms with E-state index in [0.29, 0.717) is 107 Å². The van der Waals surface area contributed by atoms with Crippen molar-refractivity contribution < 1.29 is 56.5 Å². The first-order valence-corrected chi connectivity index (χ1v) is 25.0. The molecule has 5 aliphatic rings. The molecule has 0 radical (unpaired) electrons. The fourth-order valence-electron chi connectivity index (χ4n) is 10.2. The van der Waals surface area contributed by atoms with Crippen LogP contribution in [0.15, 0.2) is 42.7 Å². The SMILES string of the molecule is CNC(=O)N1CCc2c(c(N3CCCc4cc(-c5cnn(CCNC(=O)CCOCCOCCOCCNc6cccc7c6C(=O)N(C6CCC(=O)NC6=O)C7=O)c5)c(C(F)F)cc43)nn2C2CCOCC2)C1. The normalized spacial score (nSPS) is 18.0. The van der Waals surface area contributed by atoms with E-state index in [2.05, 4.69) is 35.9 Å². The molecule has 0 spiro atoms. The minimum Gasteiger partial charge on any atom is -0.382 e. The zero-order valence-corrected chi connectivity index (χ0v) is 40.8. The fourth-order valence-corrected chi connectivity index (χ4v) is 10.2. The van der Waals surface area contributed by atoms with E-state index in [1.807, 2.05) is 6.07 Å². The van der Waals surface area contributed by atoms with Gasteiger partial charge in [0.05, 0.1) is 76.1 Å². The first-order chi connectivity index (χ1) is 35.5. The Bertz CT molecular complexity index is 2710. The smallest absolute Gasteiger partial charge is 0.317 e. The van der Waals surface area contributed by atoms with Crippen LogP contribution in [0.5, 0.6) is 0 Å². The van der Waals surface area contributed by atoms with Crippen LogP contribution in [0.2, 0.25) is 0 Å². The molecule has 7 amide bonds. The number of carbonyl (C=O) groups is 6. The number of fused-ring (bicyclic) bond motifs is 3. The Morgan fingerprint density at radius 2 is 1.68 bits per heavy atom. The van der Waals surface area contributed by atoms with Crippen molar-refractivity contribution in [2.75, 3.05) is 96.3 Å². The lowest BCUT2D eigenvalue weighted by molar-refractivity contribution is -0.136. The highest BCUT2D eigenvalue weighted by Gasteiger charge is 2.45. The largest absolute Gasteiger partial charge is 0.382 e. The molecule has 21 nitrogen and oxygen atoms in total. The molecule has 73 heavy (non-hydrogen) atoms. The summed E-state index contributed by atoms with van der Waals surface area (Å²) in [5.41, 5.74) is 5.32. The van der Waals surface area contributed by atoms with Crippen molar-refractivity contribution in [2.45, 2.75) is 83.0 Å². The number of aryl methyl sites for hydroxylation is 1. The Kier molecular flexibility index (Phi) is 16.4. The molecule has 5 aliphatic heterocycles. The number of benzene rings is 2. The van der Waals surface area contributed by atoms with Crippen LogP contribution in [0.25, 0.3) is 11.1 Å². The number of hydrogen-bond acceptors (Lipinski definition) is 14. The minimum absolute atomic E-state index is 0.0401. The lowest BCUT2D eigenvalue weighted by Gasteiger charge is -2.33. The number of imide groups is 2. The van der Waals surface area contributed by atoms with E-state index in [-0.39, 0.29) is 80.3 Å². The Morgan fingerprint density at radius 3 is 2.45 bits per heavy atom. The van der Waals surface area contributed by atoms with E-state index < -0.39 is 36.1 Å². The van der Waals surface area contributed by atoms with Gasteiger partial charge in [0.25, 0.3) is 18.2 Å². The monoisotopic (exact) mass is 1010 g/mol. The van der Waals surface area contributed by atoms with E-state index in [1.54, 1.807) is 47.2 Å². The zero-order chi connectivity index (χ0) is 51.0. The van der Waals surface area contributed by atoms with Crippen molar-refractivity contribution in [2.24, 2.45) is 0 Å². The highest BCUT2D eigenvalue weighted by atomic mass is 19.3. The molecule has 1 unspecified atom stereocenters. The number of ether oxygens (including phenoxy) is 4. The number of piperidine rings is 1. The van der Waals surface area contributed by atoms with Crippen molar-refractivity contribution >= 4 is 52.8 Å². The average Bonchev–Trinajstić information content (AvgIpc) is 4.10. The number of amides is 7. The maximum Gasteiger partial charge on any atom is 0.317 e. The first kappa shape index (κ1) is 51.1. The summed E-state index contributed by atoms with van der Waals surface area (Å²) in [5.74, 6) is -1.77. The molecule has 0 aliphatic carbocycles. The maximum absolute atomic E-state index is 15.0. The van der Waals surface area contributed by atoms with Gasteiger partial charge >= 0.3 is 6.03 Å². The Morgan fingerprint density at radius 1 is 0.904 bits per heavy atom. The third kappa shape index (κ3) is 11.4. The van der Waals surface area contributed by atoms with Crippen LogP contribution in [0, 0.1) is 0 Å². The molecule has 23 heteroatoms. The average molecular weight is 1010 g/mol. The number of carbonyl (C=O) groups excluding carboxylic acids is 6. The van der Waals surface area contributed by atoms with Gasteiger partial charge in [-0.25, -0.2) is 13.6 Å². The molecule has 0 saturated carbocycles. The molecule has 0 bridgehead atoms. The van der Waals surface area contributed by atoms with Crippen LogP contribution in [-0.2, 0) is 59.3 Å². The number of nitrogens with zero attached hydrogens (tertiary/aromatic N) is 7. The standard InChI is InChI=1S/C50H61F2N11O10/c1-53-50(69)59-16-9-39-37(30-59)46(58-63(39)33-10-18-70-19-11-33)61-15-3-4-31-26-35(36(45(51)52)27-41(31)61)32-28-56-60(29-32)17-13-55-42(64)12-20-71-22-24-73-25-23-72-21-14-54-38-6-2-5-34-44(38)49(68)62(48(34)67)40-7-8-43(65)57-47(40)66/h2,5-6,26-29,33,40,45,54H,3-4,7-25,30H2,1H3,(H,53,69)(H,55,64)(H,57,65,66). The lowest BCUT2D eigenvalue weighted by Crippen LogP contribution is -2.54.